The van der Waals surface area contributed by atoms with Gasteiger partial charge in [0, 0.05) is 15.9 Å². The second-order valence-corrected chi connectivity index (χ2v) is 6.83. The Morgan fingerprint density at radius 1 is 1.25 bits per heavy atom. The average molecular weight is 200 g/mol. The zero-order valence-corrected chi connectivity index (χ0v) is 8.88. The third-order valence-corrected chi connectivity index (χ3v) is 5.40. The summed E-state index contributed by atoms with van der Waals surface area (Å²) in [5.41, 5.74) is 0. The first kappa shape index (κ1) is 8.46. The molecule has 64 valence electrons. The molecule has 0 aliphatic carbocycles. The van der Waals surface area contributed by atoms with Crippen molar-refractivity contribution < 1.29 is 0 Å². The van der Waals surface area contributed by atoms with Gasteiger partial charge in [-0.3, -0.25) is 0 Å². The summed E-state index contributed by atoms with van der Waals surface area (Å²) >= 11 is 5.81. The van der Waals surface area contributed by atoms with Crippen LogP contribution in [0, 0.1) is 0 Å². The Morgan fingerprint density at radius 2 is 1.75 bits per heavy atom. The van der Waals surface area contributed by atoms with Crippen LogP contribution in [0.3, 0.4) is 0 Å². The van der Waals surface area contributed by atoms with E-state index in [0.29, 0.717) is 15.6 Å². The Bertz CT molecular complexity index is 289. The van der Waals surface area contributed by atoms with E-state index in [9.17, 15) is 0 Å². The number of hydrogen-bond donors (Lipinski definition) is 0. The fraction of sp³-hybridized carbons (Fsp3) is 0.400. The van der Waals surface area contributed by atoms with Crippen LogP contribution < -0.4 is 0 Å². The quantitative estimate of drug-likeness (QED) is 0.482. The largest absolute Gasteiger partial charge is 0.172 e. The lowest BCUT2D eigenvalue weighted by Gasteiger charge is -1.92. The SMILES string of the molecule is CC1(C)C[S+]1c1ccc(Cl)cc1. The Hall–Kier alpha value is -0.140. The van der Waals surface area contributed by atoms with E-state index in [2.05, 4.69) is 26.0 Å². The van der Waals surface area contributed by atoms with Crippen LogP contribution in [0.25, 0.3) is 0 Å². The summed E-state index contributed by atoms with van der Waals surface area (Å²) in [4.78, 5) is 1.46. The fourth-order valence-electron chi connectivity index (χ4n) is 1.32. The van der Waals surface area contributed by atoms with Crippen molar-refractivity contribution in [3.05, 3.63) is 29.3 Å². The van der Waals surface area contributed by atoms with Crippen molar-refractivity contribution in [3.8, 4) is 0 Å². The molecule has 1 heterocycles. The van der Waals surface area contributed by atoms with Crippen molar-refractivity contribution in [2.45, 2.75) is 23.5 Å². The van der Waals surface area contributed by atoms with E-state index in [0.717, 1.165) is 5.02 Å². The van der Waals surface area contributed by atoms with Gasteiger partial charge >= 0.3 is 0 Å². The molecular weight excluding hydrogens is 188 g/mol. The summed E-state index contributed by atoms with van der Waals surface area (Å²) in [5, 5.41) is 0.835. The fourth-order valence-corrected chi connectivity index (χ4v) is 3.53. The van der Waals surface area contributed by atoms with Crippen LogP contribution in [0.2, 0.25) is 5.02 Å². The first-order valence-corrected chi connectivity index (χ1v) is 5.83. The molecule has 0 nitrogen and oxygen atoms in total. The summed E-state index contributed by atoms with van der Waals surface area (Å²) in [6.07, 6.45) is 0. The number of benzene rings is 1. The third kappa shape index (κ3) is 1.48. The molecule has 2 rings (SSSR count). The van der Waals surface area contributed by atoms with Crippen molar-refractivity contribution in [1.82, 2.24) is 0 Å². The summed E-state index contributed by atoms with van der Waals surface area (Å²) in [7, 11) is 0.494. The van der Waals surface area contributed by atoms with Crippen molar-refractivity contribution in [3.63, 3.8) is 0 Å². The van der Waals surface area contributed by atoms with Crippen LogP contribution in [0.1, 0.15) is 13.8 Å². The molecule has 1 aliphatic heterocycles. The highest BCUT2D eigenvalue weighted by Crippen LogP contribution is 2.43. The van der Waals surface area contributed by atoms with Crippen LogP contribution >= 0.6 is 11.6 Å². The second-order valence-electron chi connectivity index (χ2n) is 3.75. The first-order chi connectivity index (χ1) is 5.59. The van der Waals surface area contributed by atoms with Gasteiger partial charge in [-0.1, -0.05) is 11.6 Å². The first-order valence-electron chi connectivity index (χ1n) is 4.06. The van der Waals surface area contributed by atoms with E-state index in [1.807, 2.05) is 12.1 Å². The van der Waals surface area contributed by atoms with Gasteiger partial charge in [0.15, 0.2) is 15.4 Å². The van der Waals surface area contributed by atoms with Gasteiger partial charge in [0.2, 0.25) is 0 Å². The van der Waals surface area contributed by atoms with Gasteiger partial charge in [0.1, 0.15) is 0 Å². The Morgan fingerprint density at radius 3 is 2.17 bits per heavy atom. The lowest BCUT2D eigenvalue weighted by atomic mass is 10.3. The molecule has 1 aliphatic rings. The molecule has 1 atom stereocenters. The average Bonchev–Trinajstić information content (AvgIpc) is 2.61. The normalized spacial score (nSPS) is 25.4. The van der Waals surface area contributed by atoms with E-state index in [1.165, 1.54) is 10.6 Å². The summed E-state index contributed by atoms with van der Waals surface area (Å²) < 4.78 is 0.549. The Kier molecular flexibility index (Phi) is 1.89. The second kappa shape index (κ2) is 2.68. The zero-order valence-electron chi connectivity index (χ0n) is 7.30. The molecule has 0 saturated carbocycles. The molecule has 0 aromatic heterocycles. The highest BCUT2D eigenvalue weighted by molar-refractivity contribution is 8.05. The molecular formula is C10H12ClS+. The lowest BCUT2D eigenvalue weighted by molar-refractivity contribution is 0.902. The smallest absolute Gasteiger partial charge is 0.0843 e. The van der Waals surface area contributed by atoms with Gasteiger partial charge < -0.3 is 0 Å². The highest BCUT2D eigenvalue weighted by atomic mass is 35.5. The van der Waals surface area contributed by atoms with E-state index in [1.54, 1.807) is 0 Å². The van der Waals surface area contributed by atoms with Crippen molar-refractivity contribution in [1.29, 1.82) is 0 Å². The Balaban J connectivity index is 2.21. The molecule has 0 amide bonds. The minimum Gasteiger partial charge on any atom is -0.0843 e. The molecule has 1 aromatic rings. The van der Waals surface area contributed by atoms with E-state index in [4.69, 9.17) is 11.6 Å². The van der Waals surface area contributed by atoms with Crippen molar-refractivity contribution in [2.24, 2.45) is 0 Å². The summed E-state index contributed by atoms with van der Waals surface area (Å²) in [6, 6.07) is 8.27. The topological polar surface area (TPSA) is 0 Å². The molecule has 1 saturated heterocycles. The molecule has 2 heteroatoms. The predicted molar refractivity (Wildman–Crippen MR) is 56.0 cm³/mol. The van der Waals surface area contributed by atoms with Gasteiger partial charge in [-0.15, -0.1) is 0 Å². The molecule has 12 heavy (non-hydrogen) atoms. The van der Waals surface area contributed by atoms with Crippen molar-refractivity contribution in [2.75, 3.05) is 5.75 Å². The number of rotatable bonds is 1. The molecule has 0 spiro atoms. The molecule has 0 N–H and O–H groups in total. The maximum atomic E-state index is 5.81. The van der Waals surface area contributed by atoms with Gasteiger partial charge in [0.05, 0.1) is 0 Å². The van der Waals surface area contributed by atoms with E-state index < -0.39 is 0 Å². The highest BCUT2D eigenvalue weighted by Gasteiger charge is 2.60. The van der Waals surface area contributed by atoms with Crippen LogP contribution in [-0.2, 0) is 10.9 Å². The van der Waals surface area contributed by atoms with Gasteiger partial charge in [-0.2, -0.15) is 0 Å². The van der Waals surface area contributed by atoms with Crippen LogP contribution in [-0.4, -0.2) is 10.5 Å². The maximum absolute atomic E-state index is 5.81. The molecule has 1 aromatic carbocycles. The van der Waals surface area contributed by atoms with Crippen LogP contribution in [0.4, 0.5) is 0 Å². The van der Waals surface area contributed by atoms with E-state index in [-0.39, 0.29) is 0 Å². The lowest BCUT2D eigenvalue weighted by Crippen LogP contribution is -1.98. The zero-order chi connectivity index (χ0) is 8.77. The van der Waals surface area contributed by atoms with Gasteiger partial charge in [0.25, 0.3) is 0 Å². The monoisotopic (exact) mass is 199 g/mol. The molecule has 1 unspecified atom stereocenters. The Labute approximate surface area is 81.3 Å². The van der Waals surface area contributed by atoms with Gasteiger partial charge in [-0.25, -0.2) is 0 Å². The van der Waals surface area contributed by atoms with Crippen LogP contribution in [0.15, 0.2) is 29.2 Å². The number of halogens is 1. The van der Waals surface area contributed by atoms with E-state index >= 15 is 0 Å². The maximum Gasteiger partial charge on any atom is 0.172 e. The molecule has 0 bridgehead atoms. The standard InChI is InChI=1S/C10H12ClS/c1-10(2)7-12(10)9-5-3-8(11)4-6-9/h3-6H,7H2,1-2H3/q+1. The minimum atomic E-state index is 0.494. The third-order valence-electron chi connectivity index (χ3n) is 2.17. The predicted octanol–water partition coefficient (Wildman–Crippen LogP) is 3.11. The molecule has 0 radical (unpaired) electrons. The number of hydrogen-bond acceptors (Lipinski definition) is 0. The van der Waals surface area contributed by atoms with Gasteiger partial charge in [-0.05, 0) is 38.1 Å². The van der Waals surface area contributed by atoms with Crippen molar-refractivity contribution >= 4 is 22.5 Å². The molecule has 1 fully saturated rings. The minimum absolute atomic E-state index is 0.494. The summed E-state index contributed by atoms with van der Waals surface area (Å²) in [6.45, 7) is 4.65. The van der Waals surface area contributed by atoms with Crippen LogP contribution in [0.5, 0.6) is 0 Å². The summed E-state index contributed by atoms with van der Waals surface area (Å²) in [5.74, 6) is 1.34.